The zero-order valence-corrected chi connectivity index (χ0v) is 12.0. The third-order valence-electron chi connectivity index (χ3n) is 1.66. The van der Waals surface area contributed by atoms with Crippen LogP contribution in [-0.4, -0.2) is 26.5 Å². The smallest absolute Gasteiger partial charge is 0.766 e. The normalized spacial score (nSPS) is 11.7. The van der Waals surface area contributed by atoms with Crippen molar-refractivity contribution in [3.8, 4) is 11.5 Å². The molecule has 0 heterocycles. The average Bonchev–Trinajstić information content (AvgIpc) is 2.20. The zero-order chi connectivity index (χ0) is 10.6. The SMILES string of the molecule is [K+].[O-]SOc1ccc(C(O)CO)cc1O. The molecule has 1 aromatic carbocycles. The number of aliphatic hydroxyl groups is 2. The predicted octanol–water partition coefficient (Wildman–Crippen LogP) is -2.42. The molecule has 0 aliphatic rings. The summed E-state index contributed by atoms with van der Waals surface area (Å²) in [6.45, 7) is -0.435. The van der Waals surface area contributed by atoms with E-state index >= 15 is 0 Å². The molecule has 0 aromatic heterocycles. The molecule has 0 amide bonds. The maximum absolute atomic E-state index is 10.0. The van der Waals surface area contributed by atoms with Crippen LogP contribution >= 0.6 is 12.3 Å². The Morgan fingerprint density at radius 1 is 1.47 bits per heavy atom. The quantitative estimate of drug-likeness (QED) is 0.410. The minimum Gasteiger partial charge on any atom is -0.766 e. The molecule has 78 valence electrons. The van der Waals surface area contributed by atoms with E-state index in [-0.39, 0.29) is 75.2 Å². The molecule has 7 heteroatoms. The van der Waals surface area contributed by atoms with Crippen LogP contribution in [0.15, 0.2) is 18.2 Å². The van der Waals surface area contributed by atoms with Crippen LogP contribution in [0.1, 0.15) is 11.7 Å². The van der Waals surface area contributed by atoms with Crippen molar-refractivity contribution in [2.45, 2.75) is 6.10 Å². The van der Waals surface area contributed by atoms with Gasteiger partial charge in [0.15, 0.2) is 11.5 Å². The summed E-state index contributed by atoms with van der Waals surface area (Å²) in [4.78, 5) is 0. The number of phenols is 1. The molecule has 0 fully saturated rings. The van der Waals surface area contributed by atoms with Crippen molar-refractivity contribution in [2.75, 3.05) is 6.61 Å². The number of rotatable bonds is 4. The van der Waals surface area contributed by atoms with Crippen molar-refractivity contribution in [3.05, 3.63) is 23.8 Å². The number of aliphatic hydroxyl groups excluding tert-OH is 2. The van der Waals surface area contributed by atoms with Crippen LogP contribution in [0.4, 0.5) is 0 Å². The molecule has 15 heavy (non-hydrogen) atoms. The van der Waals surface area contributed by atoms with Gasteiger partial charge in [-0.25, -0.2) is 0 Å². The molecule has 0 spiro atoms. The van der Waals surface area contributed by atoms with Crippen LogP contribution in [0.25, 0.3) is 0 Å². The van der Waals surface area contributed by atoms with E-state index in [2.05, 4.69) is 4.18 Å². The molecule has 0 saturated carbocycles. The molecule has 1 rings (SSSR count). The first-order valence-electron chi connectivity index (χ1n) is 3.77. The Hall–Kier alpha value is 0.686. The van der Waals surface area contributed by atoms with E-state index in [1.165, 1.54) is 18.2 Å². The molecule has 3 N–H and O–H groups in total. The van der Waals surface area contributed by atoms with E-state index in [1.54, 1.807) is 0 Å². The molecule has 0 aliphatic heterocycles. The van der Waals surface area contributed by atoms with Gasteiger partial charge in [-0.2, -0.15) is 0 Å². The Balaban J connectivity index is 0.00000196. The van der Waals surface area contributed by atoms with Crippen LogP contribution in [0.3, 0.4) is 0 Å². The number of hydrogen-bond acceptors (Lipinski definition) is 6. The topological polar surface area (TPSA) is 93.0 Å². The fourth-order valence-corrected chi connectivity index (χ4v) is 1.17. The van der Waals surface area contributed by atoms with Crippen LogP contribution < -0.4 is 55.6 Å². The van der Waals surface area contributed by atoms with E-state index in [0.717, 1.165) is 0 Å². The second kappa shape index (κ2) is 7.88. The van der Waals surface area contributed by atoms with Crippen molar-refractivity contribution >= 4 is 12.3 Å². The molecule has 0 aliphatic carbocycles. The van der Waals surface area contributed by atoms with Gasteiger partial charge in [-0.3, -0.25) is 0 Å². The summed E-state index contributed by atoms with van der Waals surface area (Å²) < 4.78 is 14.5. The molecule has 0 bridgehead atoms. The van der Waals surface area contributed by atoms with Gasteiger partial charge in [0.05, 0.1) is 6.61 Å². The standard InChI is InChI=1S/C8H10O5S.K/c9-4-7(11)5-1-2-8(13-14-12)6(10)3-5;/h1-3,7,9-12H,4H2;/q;+1/p-1. The van der Waals surface area contributed by atoms with E-state index in [4.69, 9.17) is 5.11 Å². The monoisotopic (exact) mass is 256 g/mol. The van der Waals surface area contributed by atoms with E-state index in [9.17, 15) is 14.8 Å². The van der Waals surface area contributed by atoms with Gasteiger partial charge in [-0.05, 0) is 30.0 Å². The number of hydrogen-bond donors (Lipinski definition) is 3. The van der Waals surface area contributed by atoms with Gasteiger partial charge in [0.25, 0.3) is 0 Å². The predicted molar refractivity (Wildman–Crippen MR) is 49.1 cm³/mol. The molecule has 1 unspecified atom stereocenters. The van der Waals surface area contributed by atoms with E-state index in [0.29, 0.717) is 5.56 Å². The minimum absolute atomic E-state index is 0. The maximum Gasteiger partial charge on any atom is 1.00 e. The van der Waals surface area contributed by atoms with E-state index in [1.807, 2.05) is 0 Å². The van der Waals surface area contributed by atoms with Crippen LogP contribution in [0.5, 0.6) is 11.5 Å². The number of benzene rings is 1. The Bertz CT molecular complexity index is 309. The van der Waals surface area contributed by atoms with Gasteiger partial charge in [-0.15, -0.1) is 0 Å². The van der Waals surface area contributed by atoms with Gasteiger partial charge >= 0.3 is 51.4 Å². The van der Waals surface area contributed by atoms with Crippen LogP contribution in [0, 0.1) is 0 Å². The minimum atomic E-state index is -1.05. The zero-order valence-electron chi connectivity index (χ0n) is 8.08. The van der Waals surface area contributed by atoms with Gasteiger partial charge in [0.1, 0.15) is 6.10 Å². The Morgan fingerprint density at radius 2 is 2.13 bits per heavy atom. The average molecular weight is 256 g/mol. The summed E-state index contributed by atoms with van der Waals surface area (Å²) in [5.74, 6) is -0.225. The molecule has 1 atom stereocenters. The molecule has 0 radical (unpaired) electrons. The van der Waals surface area contributed by atoms with Crippen molar-refractivity contribution in [2.24, 2.45) is 0 Å². The largest absolute Gasteiger partial charge is 1.00 e. The Kier molecular flexibility index (Phi) is 8.24. The Morgan fingerprint density at radius 3 is 2.60 bits per heavy atom. The summed E-state index contributed by atoms with van der Waals surface area (Å²) in [7, 11) is 0. The fourth-order valence-electron chi connectivity index (χ4n) is 0.954. The van der Waals surface area contributed by atoms with Crippen molar-refractivity contribution in [1.29, 1.82) is 0 Å². The molecule has 0 saturated heterocycles. The summed E-state index contributed by atoms with van der Waals surface area (Å²) in [5, 5.41) is 27.1. The summed E-state index contributed by atoms with van der Waals surface area (Å²) in [6, 6.07) is 4.02. The second-order valence-corrected chi connectivity index (χ2v) is 2.88. The Labute approximate surface area is 134 Å². The number of aromatic hydroxyl groups is 1. The van der Waals surface area contributed by atoms with Gasteiger partial charge < -0.3 is 24.1 Å². The molecular formula is C8H9KO5S. The van der Waals surface area contributed by atoms with Crippen LogP contribution in [-0.2, 0) is 0 Å². The third kappa shape index (κ3) is 4.59. The molecule has 1 aromatic rings. The van der Waals surface area contributed by atoms with Crippen LogP contribution in [0.2, 0.25) is 0 Å². The number of phenolic OH excluding ortho intramolecular Hbond substituents is 1. The van der Waals surface area contributed by atoms with Crippen molar-refractivity contribution < 1.29 is 75.4 Å². The first-order valence-corrected chi connectivity index (χ1v) is 4.44. The van der Waals surface area contributed by atoms with Crippen molar-refractivity contribution in [3.63, 3.8) is 0 Å². The maximum atomic E-state index is 10.0. The first kappa shape index (κ1) is 15.7. The van der Waals surface area contributed by atoms with Gasteiger partial charge in [0, 0.05) is 0 Å². The summed E-state index contributed by atoms with van der Waals surface area (Å²) in [6.07, 6.45) is -1.05. The third-order valence-corrected chi connectivity index (χ3v) is 1.91. The molecular weight excluding hydrogens is 247 g/mol. The van der Waals surface area contributed by atoms with E-state index < -0.39 is 12.7 Å². The first-order chi connectivity index (χ1) is 6.69. The van der Waals surface area contributed by atoms with Gasteiger partial charge in [0.2, 0.25) is 0 Å². The molecule has 5 nitrogen and oxygen atoms in total. The van der Waals surface area contributed by atoms with Crippen molar-refractivity contribution in [1.82, 2.24) is 0 Å². The fraction of sp³-hybridized carbons (Fsp3) is 0.250. The second-order valence-electron chi connectivity index (χ2n) is 2.58. The summed E-state index contributed by atoms with van der Waals surface area (Å²) in [5.41, 5.74) is 0.355. The van der Waals surface area contributed by atoms with Gasteiger partial charge in [-0.1, -0.05) is 6.07 Å². The summed E-state index contributed by atoms with van der Waals surface area (Å²) >= 11 is -0.133.